The molecule has 0 unspecified atom stereocenters. The Morgan fingerprint density at radius 1 is 1.71 bits per heavy atom. The maximum Gasteiger partial charge on any atom is 0.112 e. The highest BCUT2D eigenvalue weighted by Gasteiger charge is 2.29. The predicted octanol–water partition coefficient (Wildman–Crippen LogP) is 2.17. The Hall–Kier alpha value is 0.660. The van der Waals surface area contributed by atoms with Gasteiger partial charge in [-0.15, -0.1) is 0 Å². The lowest BCUT2D eigenvalue weighted by molar-refractivity contribution is 0.334. The van der Waals surface area contributed by atoms with Crippen molar-refractivity contribution in [2.75, 3.05) is 4.43 Å². The Bertz CT molecular complexity index is 61.1. The van der Waals surface area contributed by atoms with Gasteiger partial charge in [-0.1, -0.05) is 22.6 Å². The summed E-state index contributed by atoms with van der Waals surface area (Å²) in [5, 5.41) is 0. The lowest BCUT2D eigenvalue weighted by Gasteiger charge is -1.95. The van der Waals surface area contributed by atoms with Crippen LogP contribution in [-0.4, -0.2) is 10.6 Å². The second kappa shape index (κ2) is 2.29. The molecule has 1 fully saturated rings. The molecular formula is C5H8FI. The fraction of sp³-hybridized carbons (Fsp3) is 1.00. The molecule has 1 saturated carbocycles. The van der Waals surface area contributed by atoms with E-state index in [1.54, 1.807) is 0 Å². The van der Waals surface area contributed by atoms with E-state index in [-0.39, 0.29) is 0 Å². The zero-order valence-corrected chi connectivity index (χ0v) is 6.19. The molecule has 1 aliphatic carbocycles. The monoisotopic (exact) mass is 214 g/mol. The van der Waals surface area contributed by atoms with Crippen molar-refractivity contribution >= 4 is 22.6 Å². The average Bonchev–Trinajstić information content (AvgIpc) is 2.44. The van der Waals surface area contributed by atoms with Crippen molar-refractivity contribution in [2.45, 2.75) is 19.0 Å². The highest BCUT2D eigenvalue weighted by molar-refractivity contribution is 14.1. The Balaban J connectivity index is 2.10. The molecule has 0 nitrogen and oxygen atoms in total. The number of halogens is 2. The van der Waals surface area contributed by atoms with E-state index in [2.05, 4.69) is 22.6 Å². The largest absolute Gasteiger partial charge is 0.246 e. The van der Waals surface area contributed by atoms with Gasteiger partial charge in [-0.3, -0.25) is 0 Å². The molecule has 0 aromatic rings. The van der Waals surface area contributed by atoms with Gasteiger partial charge in [-0.05, 0) is 18.8 Å². The summed E-state index contributed by atoms with van der Waals surface area (Å²) in [5.41, 5.74) is 0. The van der Waals surface area contributed by atoms with Crippen molar-refractivity contribution in [1.29, 1.82) is 0 Å². The highest BCUT2D eigenvalue weighted by Crippen LogP contribution is 2.34. The summed E-state index contributed by atoms with van der Waals surface area (Å²) in [4.78, 5) is 0. The lowest BCUT2D eigenvalue weighted by atomic mass is 10.3. The Labute approximate surface area is 56.6 Å². The Kier molecular flexibility index (Phi) is 1.89. The summed E-state index contributed by atoms with van der Waals surface area (Å²) in [6.07, 6.45) is 1.76. The van der Waals surface area contributed by atoms with E-state index in [0.29, 0.717) is 10.3 Å². The molecule has 0 heterocycles. The molecule has 1 atom stereocenters. The molecule has 1 aliphatic rings. The zero-order valence-electron chi connectivity index (χ0n) is 4.03. The van der Waals surface area contributed by atoms with E-state index in [0.717, 1.165) is 12.8 Å². The van der Waals surface area contributed by atoms with Crippen LogP contribution in [0.25, 0.3) is 0 Å². The normalized spacial score (nSPS) is 24.9. The van der Waals surface area contributed by atoms with Gasteiger partial charge in [0, 0.05) is 4.43 Å². The van der Waals surface area contributed by atoms with Crippen LogP contribution < -0.4 is 0 Å². The van der Waals surface area contributed by atoms with Crippen LogP contribution in [0.2, 0.25) is 0 Å². The van der Waals surface area contributed by atoms with E-state index in [1.807, 2.05) is 0 Å². The van der Waals surface area contributed by atoms with Crippen molar-refractivity contribution in [2.24, 2.45) is 5.92 Å². The first kappa shape index (κ1) is 5.79. The second-order valence-electron chi connectivity index (χ2n) is 2.01. The fourth-order valence-corrected chi connectivity index (χ4v) is 1.30. The molecule has 7 heavy (non-hydrogen) atoms. The van der Waals surface area contributed by atoms with Gasteiger partial charge in [0.15, 0.2) is 0 Å². The van der Waals surface area contributed by atoms with Crippen molar-refractivity contribution in [3.05, 3.63) is 0 Å². The number of hydrogen-bond donors (Lipinski definition) is 0. The van der Waals surface area contributed by atoms with Gasteiger partial charge >= 0.3 is 0 Å². The van der Waals surface area contributed by atoms with Crippen LogP contribution in [0, 0.1) is 5.92 Å². The summed E-state index contributed by atoms with van der Waals surface area (Å²) < 4.78 is 13.0. The third-order valence-electron chi connectivity index (χ3n) is 1.28. The van der Waals surface area contributed by atoms with Crippen LogP contribution in [0.4, 0.5) is 4.39 Å². The lowest BCUT2D eigenvalue weighted by Crippen LogP contribution is -2.02. The van der Waals surface area contributed by atoms with E-state index >= 15 is 0 Å². The van der Waals surface area contributed by atoms with Crippen LogP contribution in [0.5, 0.6) is 0 Å². The minimum absolute atomic E-state index is 0.442. The smallest absolute Gasteiger partial charge is 0.112 e. The van der Waals surface area contributed by atoms with Crippen molar-refractivity contribution in [3.8, 4) is 0 Å². The van der Waals surface area contributed by atoms with Crippen molar-refractivity contribution in [1.82, 2.24) is 0 Å². The zero-order chi connectivity index (χ0) is 5.28. The summed E-state index contributed by atoms with van der Waals surface area (Å²) in [6, 6.07) is 0. The molecule has 0 spiro atoms. The third kappa shape index (κ3) is 1.55. The third-order valence-corrected chi connectivity index (χ3v) is 2.12. The molecule has 0 saturated heterocycles. The maximum absolute atomic E-state index is 12.3. The standard InChI is InChI=1S/C5H8FI/c6-5(3-7)4-1-2-4/h4-5H,1-3H2/t5-/m1/s1. The number of hydrogen-bond acceptors (Lipinski definition) is 0. The number of rotatable bonds is 2. The van der Waals surface area contributed by atoms with Gasteiger partial charge in [0.2, 0.25) is 0 Å². The molecule has 0 aliphatic heterocycles. The van der Waals surface area contributed by atoms with Gasteiger partial charge in [-0.2, -0.15) is 0 Å². The van der Waals surface area contributed by atoms with Crippen LogP contribution in [-0.2, 0) is 0 Å². The molecule has 2 heteroatoms. The molecule has 0 aromatic carbocycles. The quantitative estimate of drug-likeness (QED) is 0.488. The summed E-state index contributed by atoms with van der Waals surface area (Å²) in [6.45, 7) is 0. The SMILES string of the molecule is F[C@H](CI)C1CC1. The maximum atomic E-state index is 12.3. The van der Waals surface area contributed by atoms with Gasteiger partial charge in [0.25, 0.3) is 0 Å². The van der Waals surface area contributed by atoms with E-state index < -0.39 is 6.17 Å². The van der Waals surface area contributed by atoms with Gasteiger partial charge < -0.3 is 0 Å². The van der Waals surface area contributed by atoms with Crippen LogP contribution in [0.3, 0.4) is 0 Å². The first-order valence-corrected chi connectivity index (χ1v) is 4.07. The van der Waals surface area contributed by atoms with Gasteiger partial charge in [-0.25, -0.2) is 4.39 Å². The van der Waals surface area contributed by atoms with E-state index in [4.69, 9.17) is 0 Å². The van der Waals surface area contributed by atoms with Crippen LogP contribution in [0.15, 0.2) is 0 Å². The number of alkyl halides is 2. The van der Waals surface area contributed by atoms with Crippen molar-refractivity contribution in [3.63, 3.8) is 0 Å². The van der Waals surface area contributed by atoms with Gasteiger partial charge in [0.1, 0.15) is 6.17 Å². The summed E-state index contributed by atoms with van der Waals surface area (Å²) in [5.74, 6) is 0.442. The predicted molar refractivity (Wildman–Crippen MR) is 36.5 cm³/mol. The van der Waals surface area contributed by atoms with Gasteiger partial charge in [0.05, 0.1) is 0 Å². The molecule has 0 radical (unpaired) electrons. The summed E-state index contributed by atoms with van der Waals surface area (Å²) in [7, 11) is 0. The first-order valence-electron chi connectivity index (χ1n) is 2.54. The van der Waals surface area contributed by atoms with E-state index in [1.165, 1.54) is 0 Å². The molecule has 0 aromatic heterocycles. The molecule has 0 amide bonds. The van der Waals surface area contributed by atoms with E-state index in [9.17, 15) is 4.39 Å². The van der Waals surface area contributed by atoms with Crippen molar-refractivity contribution < 1.29 is 4.39 Å². The first-order chi connectivity index (χ1) is 3.34. The Morgan fingerprint density at radius 2 is 2.29 bits per heavy atom. The minimum atomic E-state index is -0.499. The molecule has 42 valence electrons. The average molecular weight is 214 g/mol. The highest BCUT2D eigenvalue weighted by atomic mass is 127. The molecular weight excluding hydrogens is 206 g/mol. The summed E-state index contributed by atoms with van der Waals surface area (Å²) >= 11 is 2.09. The van der Waals surface area contributed by atoms with Crippen LogP contribution in [0.1, 0.15) is 12.8 Å². The van der Waals surface area contributed by atoms with Crippen LogP contribution >= 0.6 is 22.6 Å². The Morgan fingerprint density at radius 3 is 2.43 bits per heavy atom. The second-order valence-corrected chi connectivity index (χ2v) is 2.89. The fourth-order valence-electron chi connectivity index (χ4n) is 0.584. The molecule has 0 N–H and O–H groups in total. The molecule has 0 bridgehead atoms. The minimum Gasteiger partial charge on any atom is -0.246 e. The molecule has 1 rings (SSSR count). The topological polar surface area (TPSA) is 0 Å².